The minimum atomic E-state index is -0.243. The van der Waals surface area contributed by atoms with E-state index in [2.05, 4.69) is 39.0 Å². The first-order valence-electron chi connectivity index (χ1n) is 14.2. The molecule has 3 aromatic carbocycles. The molecule has 0 N–H and O–H groups in total. The normalized spacial score (nSPS) is 19.8. The number of methoxy groups -OCH3 is 1. The van der Waals surface area contributed by atoms with E-state index in [4.69, 9.17) is 23.7 Å². The van der Waals surface area contributed by atoms with E-state index in [1.165, 1.54) is 12.7 Å². The summed E-state index contributed by atoms with van der Waals surface area (Å²) in [5, 5.41) is 10.1. The summed E-state index contributed by atoms with van der Waals surface area (Å²) in [6.45, 7) is 8.87. The molecule has 41 heavy (non-hydrogen) atoms. The lowest BCUT2D eigenvalue weighted by Gasteiger charge is -2.37. The molecule has 3 aromatic rings. The molecule has 0 amide bonds. The van der Waals surface area contributed by atoms with Crippen molar-refractivity contribution in [1.82, 2.24) is 0 Å². The Kier molecular flexibility index (Phi) is 7.13. The molecule has 7 nitrogen and oxygen atoms in total. The van der Waals surface area contributed by atoms with Crippen molar-refractivity contribution < 1.29 is 28.5 Å². The van der Waals surface area contributed by atoms with Gasteiger partial charge < -0.3 is 23.7 Å². The zero-order valence-electron chi connectivity index (χ0n) is 24.0. The number of benzene rings is 3. The van der Waals surface area contributed by atoms with Crippen molar-refractivity contribution in [2.75, 3.05) is 33.5 Å². The summed E-state index contributed by atoms with van der Waals surface area (Å²) in [6, 6.07) is 16.4. The lowest BCUT2D eigenvalue weighted by molar-refractivity contribution is -0.141. The summed E-state index contributed by atoms with van der Waals surface area (Å²) in [7, 11) is 1.40. The Morgan fingerprint density at radius 3 is 2.49 bits per heavy atom. The third-order valence-electron chi connectivity index (χ3n) is 8.50. The Balaban J connectivity index is 1.26. The van der Waals surface area contributed by atoms with Crippen LogP contribution < -0.4 is 14.2 Å². The van der Waals surface area contributed by atoms with Crippen LogP contribution in [-0.2, 0) is 20.7 Å². The highest BCUT2D eigenvalue weighted by Crippen LogP contribution is 2.45. The van der Waals surface area contributed by atoms with Gasteiger partial charge in [0.15, 0.2) is 0 Å². The van der Waals surface area contributed by atoms with Crippen LogP contribution in [0.3, 0.4) is 0 Å². The fourth-order valence-electron chi connectivity index (χ4n) is 6.31. The Morgan fingerprint density at radius 2 is 1.80 bits per heavy atom. The van der Waals surface area contributed by atoms with Crippen LogP contribution in [0.1, 0.15) is 65.2 Å². The number of ether oxygens (including phenoxy) is 5. The van der Waals surface area contributed by atoms with Crippen molar-refractivity contribution in [3.8, 4) is 34.4 Å². The fourth-order valence-corrected chi connectivity index (χ4v) is 6.31. The minimum absolute atomic E-state index is 0.00995. The number of hydrogen-bond acceptors (Lipinski definition) is 7. The van der Waals surface area contributed by atoms with Crippen LogP contribution in [0, 0.1) is 30.6 Å². The number of rotatable bonds is 8. The van der Waals surface area contributed by atoms with E-state index in [0.29, 0.717) is 25.2 Å². The maximum atomic E-state index is 11.8. The number of aryl methyl sites for hydroxylation is 2. The smallest absolute Gasteiger partial charge is 0.306 e. The summed E-state index contributed by atoms with van der Waals surface area (Å²) < 4.78 is 28.7. The average Bonchev–Trinajstić information content (AvgIpc) is 3.54. The van der Waals surface area contributed by atoms with Gasteiger partial charge in [-0.25, -0.2) is 0 Å². The number of carbonyl (C=O) groups is 1. The number of esters is 1. The molecule has 0 bridgehead atoms. The van der Waals surface area contributed by atoms with Gasteiger partial charge in [0.1, 0.15) is 23.4 Å². The third-order valence-corrected chi connectivity index (χ3v) is 8.50. The van der Waals surface area contributed by atoms with Gasteiger partial charge in [0, 0.05) is 28.5 Å². The van der Waals surface area contributed by atoms with E-state index in [-0.39, 0.29) is 23.4 Å². The van der Waals surface area contributed by atoms with E-state index in [0.717, 1.165) is 76.7 Å². The van der Waals surface area contributed by atoms with Gasteiger partial charge >= 0.3 is 5.97 Å². The lowest BCUT2D eigenvalue weighted by Crippen LogP contribution is -2.44. The van der Waals surface area contributed by atoms with Gasteiger partial charge in [0.2, 0.25) is 0 Å². The maximum absolute atomic E-state index is 11.8. The van der Waals surface area contributed by atoms with E-state index >= 15 is 0 Å². The van der Waals surface area contributed by atoms with Crippen molar-refractivity contribution in [2.45, 2.75) is 52.1 Å². The van der Waals surface area contributed by atoms with Gasteiger partial charge in [-0.1, -0.05) is 19.1 Å². The molecule has 0 spiro atoms. The maximum Gasteiger partial charge on any atom is 0.306 e. The standard InChI is InChI=1S/C34H35NO6/c1-20-11-25(40-19-34(3)17-38-18-34)12-21(2)32(20)33-22(15-35)5-7-27-28(33)9-10-29(27)41-24-6-8-26-23(13-31(36)37-4)16-39-30(26)14-24/h5-8,11-12,14,23,29H,9-10,13,16-19H2,1-4H3/t23-,29-/m1/s1. The molecule has 2 aliphatic heterocycles. The van der Waals surface area contributed by atoms with Gasteiger partial charge in [-0.05, 0) is 78.8 Å². The van der Waals surface area contributed by atoms with Crippen LogP contribution in [0.2, 0.25) is 0 Å². The second-order valence-electron chi connectivity index (χ2n) is 11.8. The van der Waals surface area contributed by atoms with Crippen LogP contribution in [0.4, 0.5) is 0 Å². The highest BCUT2D eigenvalue weighted by Gasteiger charge is 2.35. The second-order valence-corrected chi connectivity index (χ2v) is 11.8. The zero-order chi connectivity index (χ0) is 28.7. The van der Waals surface area contributed by atoms with Crippen molar-refractivity contribution in [1.29, 1.82) is 5.26 Å². The van der Waals surface area contributed by atoms with Crippen molar-refractivity contribution >= 4 is 5.97 Å². The summed E-state index contributed by atoms with van der Waals surface area (Å²) in [6.07, 6.45) is 1.81. The highest BCUT2D eigenvalue weighted by molar-refractivity contribution is 5.81. The predicted molar refractivity (Wildman–Crippen MR) is 153 cm³/mol. The molecule has 2 heterocycles. The average molecular weight is 554 g/mol. The highest BCUT2D eigenvalue weighted by atomic mass is 16.5. The van der Waals surface area contributed by atoms with Crippen LogP contribution in [0.5, 0.6) is 17.2 Å². The number of nitriles is 1. The molecule has 1 fully saturated rings. The van der Waals surface area contributed by atoms with Crippen molar-refractivity contribution in [2.24, 2.45) is 5.41 Å². The molecule has 0 saturated carbocycles. The summed E-state index contributed by atoms with van der Waals surface area (Å²) >= 11 is 0. The van der Waals surface area contributed by atoms with Gasteiger partial charge in [0.25, 0.3) is 0 Å². The monoisotopic (exact) mass is 553 g/mol. The Hall–Kier alpha value is -4.02. The van der Waals surface area contributed by atoms with Gasteiger partial charge in [-0.3, -0.25) is 4.79 Å². The summed E-state index contributed by atoms with van der Waals surface area (Å²) in [4.78, 5) is 11.8. The van der Waals surface area contributed by atoms with E-state index in [1.807, 2.05) is 30.3 Å². The molecule has 0 aromatic heterocycles. The predicted octanol–water partition coefficient (Wildman–Crippen LogP) is 6.36. The first kappa shape index (κ1) is 27.2. The minimum Gasteiger partial charge on any atom is -0.493 e. The third kappa shape index (κ3) is 5.13. The van der Waals surface area contributed by atoms with E-state index < -0.39 is 0 Å². The van der Waals surface area contributed by atoms with Crippen LogP contribution in [0.15, 0.2) is 42.5 Å². The molecule has 1 aliphatic carbocycles. The summed E-state index contributed by atoms with van der Waals surface area (Å²) in [5.41, 5.74) is 8.29. The lowest BCUT2D eigenvalue weighted by atomic mass is 9.87. The largest absolute Gasteiger partial charge is 0.493 e. The van der Waals surface area contributed by atoms with Gasteiger partial charge in [0.05, 0.1) is 51.6 Å². The molecular weight excluding hydrogens is 518 g/mol. The number of hydrogen-bond donors (Lipinski definition) is 0. The summed E-state index contributed by atoms with van der Waals surface area (Å²) in [5.74, 6) is 2.07. The molecule has 2 atom stereocenters. The van der Waals surface area contributed by atoms with Gasteiger partial charge in [-0.2, -0.15) is 5.26 Å². The number of carbonyl (C=O) groups excluding carboxylic acids is 1. The molecule has 0 unspecified atom stereocenters. The molecule has 7 heteroatoms. The van der Waals surface area contributed by atoms with E-state index in [1.54, 1.807) is 0 Å². The van der Waals surface area contributed by atoms with Crippen molar-refractivity contribution in [3.63, 3.8) is 0 Å². The molecule has 6 rings (SSSR count). The topological polar surface area (TPSA) is 87.0 Å². The van der Waals surface area contributed by atoms with Crippen LogP contribution in [-0.4, -0.2) is 39.5 Å². The first-order chi connectivity index (χ1) is 19.8. The van der Waals surface area contributed by atoms with Crippen molar-refractivity contribution in [3.05, 3.63) is 75.8 Å². The quantitative estimate of drug-likeness (QED) is 0.300. The molecule has 3 aliphatic rings. The number of nitrogens with zero attached hydrogens (tertiary/aromatic N) is 1. The van der Waals surface area contributed by atoms with Crippen LogP contribution >= 0.6 is 0 Å². The number of fused-ring (bicyclic) bond motifs is 2. The second kappa shape index (κ2) is 10.8. The Morgan fingerprint density at radius 1 is 1.05 bits per heavy atom. The SMILES string of the molecule is COC(=O)C[C@@H]1COc2cc(O[C@@H]3CCc4c3ccc(C#N)c4-c3c(C)cc(OCC4(C)COC4)cc3C)ccc21. The zero-order valence-corrected chi connectivity index (χ0v) is 24.0. The van der Waals surface area contributed by atoms with Gasteiger partial charge in [-0.15, -0.1) is 0 Å². The molecule has 1 saturated heterocycles. The molecule has 0 radical (unpaired) electrons. The fraction of sp³-hybridized carbons (Fsp3) is 0.412. The Bertz CT molecular complexity index is 1530. The molecule has 212 valence electrons. The first-order valence-corrected chi connectivity index (χ1v) is 14.2. The van der Waals surface area contributed by atoms with E-state index in [9.17, 15) is 10.1 Å². The Labute approximate surface area is 240 Å². The van der Waals surface area contributed by atoms with Crippen LogP contribution in [0.25, 0.3) is 11.1 Å². The molecular formula is C34H35NO6.